The van der Waals surface area contributed by atoms with Crippen molar-refractivity contribution >= 4 is 17.0 Å². The average Bonchev–Trinajstić information content (AvgIpc) is 2.66. The van der Waals surface area contributed by atoms with Crippen LogP contribution in [0.2, 0.25) is 0 Å². The largest absolute Gasteiger partial charge is 0.392 e. The molecule has 0 aromatic carbocycles. The second-order valence-electron chi connectivity index (χ2n) is 4.32. The molecule has 6 nitrogen and oxygen atoms in total. The molecule has 2 rings (SSSR count). The Bertz CT molecular complexity index is 590. The minimum atomic E-state index is -0.587. The molecule has 2 heterocycles. The van der Waals surface area contributed by atoms with Gasteiger partial charge in [0.05, 0.1) is 22.7 Å². The van der Waals surface area contributed by atoms with Crippen LogP contribution in [-0.4, -0.2) is 33.8 Å². The molecule has 1 atom stereocenters. The number of aliphatic hydroxyl groups is 1. The molecule has 1 amide bonds. The Morgan fingerprint density at radius 3 is 2.94 bits per heavy atom. The van der Waals surface area contributed by atoms with Crippen molar-refractivity contribution in [3.8, 4) is 0 Å². The number of carbonyl (C=O) groups excluding carboxylic acids is 1. The number of pyridine rings is 1. The molecule has 96 valence electrons. The molecular formula is C12H15N3O3. The van der Waals surface area contributed by atoms with Crippen molar-refractivity contribution in [1.29, 1.82) is 0 Å². The molecule has 0 aliphatic carbocycles. The van der Waals surface area contributed by atoms with E-state index in [2.05, 4.69) is 15.5 Å². The van der Waals surface area contributed by atoms with E-state index in [4.69, 9.17) is 4.52 Å². The molecular weight excluding hydrogens is 234 g/mol. The van der Waals surface area contributed by atoms with Crippen molar-refractivity contribution < 1.29 is 14.4 Å². The molecule has 6 heteroatoms. The summed E-state index contributed by atoms with van der Waals surface area (Å²) in [7, 11) is 0. The number of hydrogen-bond donors (Lipinski definition) is 2. The van der Waals surface area contributed by atoms with Gasteiger partial charge in [-0.2, -0.15) is 0 Å². The van der Waals surface area contributed by atoms with Crippen LogP contribution in [0, 0.1) is 13.8 Å². The second kappa shape index (κ2) is 4.73. The Morgan fingerprint density at radius 2 is 2.28 bits per heavy atom. The van der Waals surface area contributed by atoms with Gasteiger partial charge in [-0.1, -0.05) is 5.16 Å². The zero-order chi connectivity index (χ0) is 13.3. The lowest BCUT2D eigenvalue weighted by Gasteiger charge is -2.08. The number of rotatable bonds is 3. The minimum absolute atomic E-state index is 0.200. The van der Waals surface area contributed by atoms with Crippen LogP contribution in [-0.2, 0) is 0 Å². The van der Waals surface area contributed by atoms with Crippen LogP contribution >= 0.6 is 0 Å². The maximum atomic E-state index is 12.0. The van der Waals surface area contributed by atoms with Gasteiger partial charge in [0.25, 0.3) is 11.6 Å². The van der Waals surface area contributed by atoms with Gasteiger partial charge in [0.15, 0.2) is 0 Å². The zero-order valence-electron chi connectivity index (χ0n) is 10.5. The van der Waals surface area contributed by atoms with Crippen molar-refractivity contribution in [3.05, 3.63) is 23.0 Å². The third-order valence-corrected chi connectivity index (χ3v) is 2.55. The van der Waals surface area contributed by atoms with Crippen molar-refractivity contribution in [2.75, 3.05) is 6.54 Å². The number of aryl methyl sites for hydroxylation is 2. The maximum absolute atomic E-state index is 12.0. The van der Waals surface area contributed by atoms with Crippen molar-refractivity contribution in [1.82, 2.24) is 15.5 Å². The Kier molecular flexibility index (Phi) is 3.29. The SMILES string of the molecule is Cc1cc(C(=O)NC[C@H](C)O)c2c(C)noc2n1. The van der Waals surface area contributed by atoms with E-state index >= 15 is 0 Å². The lowest BCUT2D eigenvalue weighted by atomic mass is 10.1. The predicted molar refractivity (Wildman–Crippen MR) is 65.3 cm³/mol. The lowest BCUT2D eigenvalue weighted by molar-refractivity contribution is 0.0925. The lowest BCUT2D eigenvalue weighted by Crippen LogP contribution is -2.30. The highest BCUT2D eigenvalue weighted by atomic mass is 16.5. The summed E-state index contributed by atoms with van der Waals surface area (Å²) in [6.07, 6.45) is -0.587. The summed E-state index contributed by atoms with van der Waals surface area (Å²) in [6.45, 7) is 5.35. The van der Waals surface area contributed by atoms with Crippen LogP contribution in [0.5, 0.6) is 0 Å². The summed E-state index contributed by atoms with van der Waals surface area (Å²) in [5, 5.41) is 16.2. The molecule has 0 aliphatic rings. The number of amides is 1. The maximum Gasteiger partial charge on any atom is 0.258 e. The van der Waals surface area contributed by atoms with Gasteiger partial charge in [-0.05, 0) is 26.8 Å². The van der Waals surface area contributed by atoms with Crippen molar-refractivity contribution in [3.63, 3.8) is 0 Å². The van der Waals surface area contributed by atoms with E-state index in [1.807, 2.05) is 0 Å². The fraction of sp³-hybridized carbons (Fsp3) is 0.417. The topological polar surface area (TPSA) is 88.2 Å². The molecule has 0 unspecified atom stereocenters. The standard InChI is InChI=1S/C12H15N3O3/c1-6-4-9(11(17)13-5-7(2)16)10-8(3)15-18-12(10)14-6/h4,7,16H,5H2,1-3H3,(H,13,17)/t7-/m0/s1. The third-order valence-electron chi connectivity index (χ3n) is 2.55. The molecule has 2 aromatic rings. The quantitative estimate of drug-likeness (QED) is 0.845. The molecule has 0 saturated carbocycles. The Hall–Kier alpha value is -1.95. The number of nitrogens with one attached hydrogen (secondary N) is 1. The highest BCUT2D eigenvalue weighted by Gasteiger charge is 2.17. The Balaban J connectivity index is 2.42. The van der Waals surface area contributed by atoms with Crippen LogP contribution in [0.4, 0.5) is 0 Å². The normalized spacial score (nSPS) is 12.7. The molecule has 2 aromatic heterocycles. The van der Waals surface area contributed by atoms with E-state index in [1.165, 1.54) is 0 Å². The van der Waals surface area contributed by atoms with Gasteiger partial charge in [0.2, 0.25) is 0 Å². The summed E-state index contributed by atoms with van der Waals surface area (Å²) < 4.78 is 5.06. The van der Waals surface area contributed by atoms with Gasteiger partial charge in [0, 0.05) is 12.2 Å². The van der Waals surface area contributed by atoms with Gasteiger partial charge in [0.1, 0.15) is 0 Å². The van der Waals surface area contributed by atoms with Crippen LogP contribution in [0.3, 0.4) is 0 Å². The number of fused-ring (bicyclic) bond motifs is 1. The summed E-state index contributed by atoms with van der Waals surface area (Å²) in [5.41, 5.74) is 2.13. The monoisotopic (exact) mass is 249 g/mol. The van der Waals surface area contributed by atoms with Gasteiger partial charge >= 0.3 is 0 Å². The molecule has 0 radical (unpaired) electrons. The minimum Gasteiger partial charge on any atom is -0.392 e. The fourth-order valence-electron chi connectivity index (χ4n) is 1.73. The van der Waals surface area contributed by atoms with Gasteiger partial charge < -0.3 is 14.9 Å². The molecule has 0 spiro atoms. The molecule has 0 aliphatic heterocycles. The number of nitrogens with zero attached hydrogens (tertiary/aromatic N) is 2. The van der Waals surface area contributed by atoms with E-state index in [9.17, 15) is 9.90 Å². The first kappa shape index (κ1) is 12.5. The number of aromatic nitrogens is 2. The highest BCUT2D eigenvalue weighted by molar-refractivity contribution is 6.06. The van der Waals surface area contributed by atoms with E-state index in [-0.39, 0.29) is 12.5 Å². The molecule has 0 bridgehead atoms. The molecule has 18 heavy (non-hydrogen) atoms. The number of carbonyl (C=O) groups is 1. The van der Waals surface area contributed by atoms with Crippen LogP contribution in [0.1, 0.15) is 28.7 Å². The first-order valence-electron chi connectivity index (χ1n) is 5.69. The van der Waals surface area contributed by atoms with E-state index in [0.717, 1.165) is 0 Å². The number of aliphatic hydroxyl groups excluding tert-OH is 1. The summed E-state index contributed by atoms with van der Waals surface area (Å²) in [6, 6.07) is 1.68. The van der Waals surface area contributed by atoms with Gasteiger partial charge in [-0.15, -0.1) is 0 Å². The molecule has 2 N–H and O–H groups in total. The zero-order valence-corrected chi connectivity index (χ0v) is 10.5. The molecule has 0 fully saturated rings. The van der Waals surface area contributed by atoms with E-state index in [0.29, 0.717) is 28.1 Å². The van der Waals surface area contributed by atoms with E-state index < -0.39 is 6.10 Å². The first-order valence-corrected chi connectivity index (χ1v) is 5.69. The van der Waals surface area contributed by atoms with Crippen LogP contribution < -0.4 is 5.32 Å². The predicted octanol–water partition coefficient (Wildman–Crippen LogP) is 0.950. The summed E-state index contributed by atoms with van der Waals surface area (Å²) in [5.74, 6) is -0.266. The van der Waals surface area contributed by atoms with Crippen molar-refractivity contribution in [2.24, 2.45) is 0 Å². The third kappa shape index (κ3) is 2.33. The Labute approximate surface area is 104 Å². The first-order chi connectivity index (χ1) is 8.49. The summed E-state index contributed by atoms with van der Waals surface area (Å²) in [4.78, 5) is 16.2. The van der Waals surface area contributed by atoms with Gasteiger partial charge in [-0.25, -0.2) is 4.98 Å². The average molecular weight is 249 g/mol. The molecule has 0 saturated heterocycles. The van der Waals surface area contributed by atoms with Gasteiger partial charge in [-0.3, -0.25) is 4.79 Å². The highest BCUT2D eigenvalue weighted by Crippen LogP contribution is 2.21. The fourth-order valence-corrected chi connectivity index (χ4v) is 1.73. The van der Waals surface area contributed by atoms with Crippen LogP contribution in [0.15, 0.2) is 10.6 Å². The number of hydrogen-bond acceptors (Lipinski definition) is 5. The summed E-state index contributed by atoms with van der Waals surface area (Å²) >= 11 is 0. The van der Waals surface area contributed by atoms with Crippen molar-refractivity contribution in [2.45, 2.75) is 26.9 Å². The van der Waals surface area contributed by atoms with E-state index in [1.54, 1.807) is 26.8 Å². The second-order valence-corrected chi connectivity index (χ2v) is 4.32. The smallest absolute Gasteiger partial charge is 0.258 e. The Morgan fingerprint density at radius 1 is 1.56 bits per heavy atom. The van der Waals surface area contributed by atoms with Crippen LogP contribution in [0.25, 0.3) is 11.1 Å².